The van der Waals surface area contributed by atoms with E-state index in [9.17, 15) is 4.79 Å². The number of amides is 1. The molecule has 15 heavy (non-hydrogen) atoms. The van der Waals surface area contributed by atoms with E-state index >= 15 is 0 Å². The van der Waals surface area contributed by atoms with Gasteiger partial charge in [-0.25, -0.2) is 0 Å². The Kier molecular flexibility index (Phi) is 4.27. The zero-order chi connectivity index (χ0) is 11.3. The van der Waals surface area contributed by atoms with Crippen LogP contribution in [0.5, 0.6) is 0 Å². The highest BCUT2D eigenvalue weighted by atomic mass is 16.3. The van der Waals surface area contributed by atoms with E-state index in [2.05, 4.69) is 5.32 Å². The molecule has 0 aliphatic rings. The second kappa shape index (κ2) is 5.48. The number of carbonyl (C=O) groups excluding carboxylic acids is 1. The number of nitrogens with two attached hydrogens (primary N) is 1. The molecule has 2 atom stereocenters. The van der Waals surface area contributed by atoms with Crippen molar-refractivity contribution < 1.29 is 9.90 Å². The fourth-order valence-electron chi connectivity index (χ4n) is 1.19. The Labute approximate surface area is 89.1 Å². The number of nitrogens with one attached hydrogen (secondary N) is 1. The summed E-state index contributed by atoms with van der Waals surface area (Å²) < 4.78 is 0. The van der Waals surface area contributed by atoms with E-state index in [0.29, 0.717) is 0 Å². The van der Waals surface area contributed by atoms with Crippen LogP contribution < -0.4 is 11.1 Å². The predicted octanol–water partition coefficient (Wildman–Crippen LogP) is 0.183. The molecule has 4 nitrogen and oxygen atoms in total. The zero-order valence-corrected chi connectivity index (χ0v) is 8.68. The van der Waals surface area contributed by atoms with Crippen LogP contribution in [0.3, 0.4) is 0 Å². The third-order valence-corrected chi connectivity index (χ3v) is 2.10. The highest BCUT2D eigenvalue weighted by Gasteiger charge is 2.16. The van der Waals surface area contributed by atoms with Gasteiger partial charge in [0.25, 0.3) is 0 Å². The summed E-state index contributed by atoms with van der Waals surface area (Å²) in [5.74, 6) is -0.275. The number of aliphatic hydroxyl groups excluding tert-OH is 1. The second-order valence-electron chi connectivity index (χ2n) is 3.48. The molecule has 0 saturated carbocycles. The van der Waals surface area contributed by atoms with Crippen LogP contribution in [0, 0.1) is 0 Å². The van der Waals surface area contributed by atoms with Crippen molar-refractivity contribution in [2.45, 2.75) is 19.0 Å². The van der Waals surface area contributed by atoms with Crippen molar-refractivity contribution in [1.82, 2.24) is 5.32 Å². The van der Waals surface area contributed by atoms with E-state index in [1.165, 1.54) is 0 Å². The average molecular weight is 208 g/mol. The molecule has 1 unspecified atom stereocenters. The minimum Gasteiger partial charge on any atom is -0.394 e. The van der Waals surface area contributed by atoms with E-state index in [1.54, 1.807) is 19.1 Å². The Morgan fingerprint density at radius 2 is 2.07 bits per heavy atom. The highest BCUT2D eigenvalue weighted by Crippen LogP contribution is 2.09. The standard InChI is InChI=1S/C11H16N2O2/c1-8(7-14)13-11(15)10(12)9-5-3-2-4-6-9/h2-6,8,10,14H,7,12H2,1H3,(H,13,15)/t8?,10-/m0/s1. The first-order valence-corrected chi connectivity index (χ1v) is 4.87. The molecule has 1 amide bonds. The van der Waals surface area contributed by atoms with Gasteiger partial charge in [0.2, 0.25) is 5.91 Å². The van der Waals surface area contributed by atoms with Gasteiger partial charge in [-0.2, -0.15) is 0 Å². The number of benzene rings is 1. The van der Waals surface area contributed by atoms with E-state index in [0.717, 1.165) is 5.56 Å². The minimum absolute atomic E-state index is 0.0900. The Balaban J connectivity index is 2.61. The topological polar surface area (TPSA) is 75.3 Å². The van der Waals surface area contributed by atoms with Crippen molar-refractivity contribution in [1.29, 1.82) is 0 Å². The highest BCUT2D eigenvalue weighted by molar-refractivity contribution is 5.83. The van der Waals surface area contributed by atoms with Crippen molar-refractivity contribution in [3.63, 3.8) is 0 Å². The van der Waals surface area contributed by atoms with Gasteiger partial charge in [0.15, 0.2) is 0 Å². The smallest absolute Gasteiger partial charge is 0.241 e. The van der Waals surface area contributed by atoms with Crippen molar-refractivity contribution in [3.05, 3.63) is 35.9 Å². The maximum absolute atomic E-state index is 11.6. The zero-order valence-electron chi connectivity index (χ0n) is 8.68. The summed E-state index contributed by atoms with van der Waals surface area (Å²) in [6, 6.07) is 8.18. The minimum atomic E-state index is -0.680. The van der Waals surface area contributed by atoms with Crippen molar-refractivity contribution in [2.75, 3.05) is 6.61 Å². The quantitative estimate of drug-likeness (QED) is 0.661. The van der Waals surface area contributed by atoms with Gasteiger partial charge in [-0.15, -0.1) is 0 Å². The van der Waals surface area contributed by atoms with Crippen LogP contribution in [0.25, 0.3) is 0 Å². The first-order valence-electron chi connectivity index (χ1n) is 4.87. The molecule has 0 heterocycles. The van der Waals surface area contributed by atoms with Crippen LogP contribution in [-0.2, 0) is 4.79 Å². The lowest BCUT2D eigenvalue weighted by atomic mass is 10.1. The van der Waals surface area contributed by atoms with Gasteiger partial charge in [0.1, 0.15) is 6.04 Å². The van der Waals surface area contributed by atoms with Gasteiger partial charge < -0.3 is 16.2 Å². The van der Waals surface area contributed by atoms with Crippen molar-refractivity contribution >= 4 is 5.91 Å². The average Bonchev–Trinajstić information content (AvgIpc) is 2.29. The number of carbonyl (C=O) groups is 1. The van der Waals surface area contributed by atoms with E-state index in [1.807, 2.05) is 18.2 Å². The van der Waals surface area contributed by atoms with Gasteiger partial charge in [-0.05, 0) is 12.5 Å². The fraction of sp³-hybridized carbons (Fsp3) is 0.364. The molecule has 0 aromatic heterocycles. The van der Waals surface area contributed by atoms with Gasteiger partial charge >= 0.3 is 0 Å². The summed E-state index contributed by atoms with van der Waals surface area (Å²) in [7, 11) is 0. The molecule has 4 heteroatoms. The number of aliphatic hydroxyl groups is 1. The number of hydrogen-bond donors (Lipinski definition) is 3. The molecule has 1 aromatic rings. The molecule has 0 aliphatic carbocycles. The van der Waals surface area contributed by atoms with Crippen LogP contribution in [0.15, 0.2) is 30.3 Å². The third-order valence-electron chi connectivity index (χ3n) is 2.10. The van der Waals surface area contributed by atoms with Gasteiger partial charge in [-0.3, -0.25) is 4.79 Å². The number of rotatable bonds is 4. The largest absolute Gasteiger partial charge is 0.394 e. The van der Waals surface area contributed by atoms with Crippen LogP contribution in [0.4, 0.5) is 0 Å². The molecule has 0 saturated heterocycles. The Morgan fingerprint density at radius 1 is 1.47 bits per heavy atom. The third kappa shape index (κ3) is 3.34. The Morgan fingerprint density at radius 3 is 2.60 bits per heavy atom. The summed E-state index contributed by atoms with van der Waals surface area (Å²) >= 11 is 0. The molecular weight excluding hydrogens is 192 g/mol. The normalized spacial score (nSPS) is 14.3. The molecule has 4 N–H and O–H groups in total. The summed E-state index contributed by atoms with van der Waals surface area (Å²) in [6.45, 7) is 1.63. The Hall–Kier alpha value is -1.39. The Bertz CT molecular complexity index is 314. The van der Waals surface area contributed by atoms with E-state index in [-0.39, 0.29) is 18.6 Å². The predicted molar refractivity (Wildman–Crippen MR) is 58.1 cm³/mol. The maximum atomic E-state index is 11.6. The molecule has 82 valence electrons. The van der Waals surface area contributed by atoms with E-state index in [4.69, 9.17) is 10.8 Å². The van der Waals surface area contributed by atoms with Crippen LogP contribution in [0.1, 0.15) is 18.5 Å². The fourth-order valence-corrected chi connectivity index (χ4v) is 1.19. The first kappa shape index (κ1) is 11.7. The summed E-state index contributed by atoms with van der Waals surface area (Å²) in [6.07, 6.45) is 0. The van der Waals surface area contributed by atoms with Gasteiger partial charge in [0, 0.05) is 6.04 Å². The molecular formula is C11H16N2O2. The molecule has 0 fully saturated rings. The van der Waals surface area contributed by atoms with Crippen LogP contribution in [0.2, 0.25) is 0 Å². The van der Waals surface area contributed by atoms with Crippen LogP contribution in [-0.4, -0.2) is 23.7 Å². The first-order chi connectivity index (χ1) is 7.15. The monoisotopic (exact) mass is 208 g/mol. The molecule has 0 bridgehead atoms. The SMILES string of the molecule is CC(CO)NC(=O)[C@@H](N)c1ccccc1. The summed E-state index contributed by atoms with van der Waals surface area (Å²) in [4.78, 5) is 11.6. The molecule has 1 aromatic carbocycles. The number of hydrogen-bond acceptors (Lipinski definition) is 3. The molecule has 0 aliphatic heterocycles. The lowest BCUT2D eigenvalue weighted by molar-refractivity contribution is -0.123. The van der Waals surface area contributed by atoms with Gasteiger partial charge in [0.05, 0.1) is 6.61 Å². The summed E-state index contributed by atoms with van der Waals surface area (Å²) in [5, 5.41) is 11.4. The lowest BCUT2D eigenvalue weighted by Gasteiger charge is -2.15. The molecule has 0 spiro atoms. The summed E-state index contributed by atoms with van der Waals surface area (Å²) in [5.41, 5.74) is 6.51. The van der Waals surface area contributed by atoms with E-state index < -0.39 is 6.04 Å². The molecule has 1 rings (SSSR count). The van der Waals surface area contributed by atoms with Gasteiger partial charge in [-0.1, -0.05) is 30.3 Å². The molecule has 0 radical (unpaired) electrons. The van der Waals surface area contributed by atoms with Crippen molar-refractivity contribution in [2.24, 2.45) is 5.73 Å². The maximum Gasteiger partial charge on any atom is 0.241 e. The lowest BCUT2D eigenvalue weighted by Crippen LogP contribution is -2.40. The van der Waals surface area contributed by atoms with Crippen LogP contribution >= 0.6 is 0 Å². The van der Waals surface area contributed by atoms with Crippen molar-refractivity contribution in [3.8, 4) is 0 Å². The second-order valence-corrected chi connectivity index (χ2v) is 3.48.